The fourth-order valence-electron chi connectivity index (χ4n) is 3.85. The first-order chi connectivity index (χ1) is 15.3. The van der Waals surface area contributed by atoms with E-state index in [0.717, 1.165) is 28.8 Å². The molecule has 0 aliphatic heterocycles. The van der Waals surface area contributed by atoms with Crippen molar-refractivity contribution < 1.29 is 9.59 Å². The minimum Gasteiger partial charge on any atom is -0.356 e. The molecule has 7 nitrogen and oxygen atoms in total. The number of anilines is 1. The number of benzene rings is 2. The second-order valence-electron chi connectivity index (χ2n) is 8.11. The van der Waals surface area contributed by atoms with Gasteiger partial charge in [-0.15, -0.1) is 0 Å². The van der Waals surface area contributed by atoms with Gasteiger partial charge < -0.3 is 10.6 Å². The Morgan fingerprint density at radius 1 is 1.03 bits per heavy atom. The van der Waals surface area contributed by atoms with Gasteiger partial charge in [0.15, 0.2) is 0 Å². The summed E-state index contributed by atoms with van der Waals surface area (Å²) >= 11 is 0. The van der Waals surface area contributed by atoms with Crippen molar-refractivity contribution in [2.45, 2.75) is 53.5 Å². The Balaban J connectivity index is 1.88. The lowest BCUT2D eigenvalue weighted by Gasteiger charge is -2.15. The molecular weight excluding hydrogens is 404 g/mol. The predicted octanol–water partition coefficient (Wildman–Crippen LogP) is 3.42. The monoisotopic (exact) mass is 434 g/mol. The third kappa shape index (κ3) is 5.41. The van der Waals surface area contributed by atoms with Crippen molar-refractivity contribution in [3.8, 4) is 0 Å². The third-order valence-electron chi connectivity index (χ3n) is 5.32. The summed E-state index contributed by atoms with van der Waals surface area (Å²) in [7, 11) is 0. The maximum atomic E-state index is 13.2. The van der Waals surface area contributed by atoms with Crippen LogP contribution in [0.4, 0.5) is 5.69 Å². The van der Waals surface area contributed by atoms with Crippen molar-refractivity contribution in [3.05, 3.63) is 69.1 Å². The molecule has 0 radical (unpaired) electrons. The largest absolute Gasteiger partial charge is 0.356 e. The minimum atomic E-state index is -0.348. The number of para-hydroxylation sites is 2. The average Bonchev–Trinajstić information content (AvgIpc) is 2.75. The summed E-state index contributed by atoms with van der Waals surface area (Å²) in [5.41, 5.74) is 4.98. The maximum Gasteiger partial charge on any atom is 0.273 e. The normalized spacial score (nSPS) is 10.9. The van der Waals surface area contributed by atoms with Gasteiger partial charge in [0.25, 0.3) is 5.56 Å². The van der Waals surface area contributed by atoms with Gasteiger partial charge in [0.2, 0.25) is 11.8 Å². The summed E-state index contributed by atoms with van der Waals surface area (Å²) in [6.07, 6.45) is 1.24. The lowest BCUT2D eigenvalue weighted by Crippen LogP contribution is -2.32. The van der Waals surface area contributed by atoms with Gasteiger partial charge in [0.05, 0.1) is 11.0 Å². The van der Waals surface area contributed by atoms with Crippen molar-refractivity contribution in [1.82, 2.24) is 14.9 Å². The highest BCUT2D eigenvalue weighted by molar-refractivity contribution is 5.93. The van der Waals surface area contributed by atoms with E-state index in [4.69, 9.17) is 0 Å². The van der Waals surface area contributed by atoms with E-state index in [-0.39, 0.29) is 42.5 Å². The van der Waals surface area contributed by atoms with Gasteiger partial charge in [-0.25, -0.2) is 4.98 Å². The first-order valence-electron chi connectivity index (χ1n) is 10.9. The van der Waals surface area contributed by atoms with Gasteiger partial charge in [0.1, 0.15) is 12.2 Å². The fraction of sp³-hybridized carbons (Fsp3) is 0.360. The van der Waals surface area contributed by atoms with E-state index in [1.165, 1.54) is 4.57 Å². The van der Waals surface area contributed by atoms with Crippen LogP contribution in [0, 0.1) is 20.8 Å². The molecule has 0 saturated carbocycles. The predicted molar refractivity (Wildman–Crippen MR) is 127 cm³/mol. The molecule has 0 spiro atoms. The number of amides is 2. The van der Waals surface area contributed by atoms with Crippen LogP contribution in [0.3, 0.4) is 0 Å². The molecule has 0 aliphatic carbocycles. The standard InChI is InChI=1S/C25H30N4O3/c1-5-12-26-22(30)11-10-20-25(32)29(21-9-7-6-8-19(21)27-20)15-23(31)28-24-17(3)13-16(2)14-18(24)4/h6-9,13-14H,5,10-12,15H2,1-4H3,(H,26,30)(H,28,31). The Morgan fingerprint density at radius 3 is 2.41 bits per heavy atom. The van der Waals surface area contributed by atoms with Crippen LogP contribution in [0.25, 0.3) is 11.0 Å². The molecule has 32 heavy (non-hydrogen) atoms. The molecule has 0 bridgehead atoms. The first-order valence-corrected chi connectivity index (χ1v) is 10.9. The van der Waals surface area contributed by atoms with Gasteiger partial charge >= 0.3 is 0 Å². The highest BCUT2D eigenvalue weighted by Crippen LogP contribution is 2.22. The highest BCUT2D eigenvalue weighted by atomic mass is 16.2. The van der Waals surface area contributed by atoms with Crippen LogP contribution < -0.4 is 16.2 Å². The Labute approximate surface area is 187 Å². The van der Waals surface area contributed by atoms with E-state index < -0.39 is 0 Å². The number of aryl methyl sites for hydroxylation is 4. The maximum absolute atomic E-state index is 13.2. The van der Waals surface area contributed by atoms with Gasteiger partial charge in [-0.05, 0) is 50.5 Å². The van der Waals surface area contributed by atoms with Crippen molar-refractivity contribution in [2.24, 2.45) is 0 Å². The number of hydrogen-bond acceptors (Lipinski definition) is 4. The van der Waals surface area contributed by atoms with Gasteiger partial charge in [-0.3, -0.25) is 19.0 Å². The smallest absolute Gasteiger partial charge is 0.273 e. The molecule has 0 aliphatic rings. The quantitative estimate of drug-likeness (QED) is 0.568. The Morgan fingerprint density at radius 2 is 1.72 bits per heavy atom. The van der Waals surface area contributed by atoms with E-state index in [1.54, 1.807) is 12.1 Å². The van der Waals surface area contributed by atoms with Crippen LogP contribution in [0.5, 0.6) is 0 Å². The SMILES string of the molecule is CCCNC(=O)CCc1nc2ccccc2n(CC(=O)Nc2c(C)cc(C)cc2C)c1=O. The fourth-order valence-corrected chi connectivity index (χ4v) is 3.85. The lowest BCUT2D eigenvalue weighted by molar-refractivity contribution is -0.121. The van der Waals surface area contributed by atoms with Gasteiger partial charge in [-0.2, -0.15) is 0 Å². The van der Waals surface area contributed by atoms with E-state index in [0.29, 0.717) is 17.6 Å². The lowest BCUT2D eigenvalue weighted by atomic mass is 10.1. The van der Waals surface area contributed by atoms with Crippen LogP contribution >= 0.6 is 0 Å². The summed E-state index contributed by atoms with van der Waals surface area (Å²) in [4.78, 5) is 42.5. The Bertz CT molecular complexity index is 1190. The second-order valence-corrected chi connectivity index (χ2v) is 8.11. The Kier molecular flexibility index (Phi) is 7.41. The molecule has 0 saturated heterocycles. The topological polar surface area (TPSA) is 93.1 Å². The van der Waals surface area contributed by atoms with Crippen LogP contribution in [0.2, 0.25) is 0 Å². The summed E-state index contributed by atoms with van der Waals surface area (Å²) < 4.78 is 1.44. The minimum absolute atomic E-state index is 0.115. The number of hydrogen-bond donors (Lipinski definition) is 2. The first kappa shape index (κ1) is 23.2. The molecular formula is C25H30N4O3. The number of aromatic nitrogens is 2. The molecule has 2 N–H and O–H groups in total. The van der Waals surface area contributed by atoms with Crippen LogP contribution in [-0.2, 0) is 22.6 Å². The molecule has 0 fully saturated rings. The molecule has 3 rings (SSSR count). The van der Waals surface area contributed by atoms with Crippen molar-refractivity contribution >= 4 is 28.5 Å². The third-order valence-corrected chi connectivity index (χ3v) is 5.32. The van der Waals surface area contributed by atoms with E-state index >= 15 is 0 Å². The number of nitrogens with one attached hydrogen (secondary N) is 2. The zero-order valence-corrected chi connectivity index (χ0v) is 19.1. The number of carbonyl (C=O) groups is 2. The molecule has 0 unspecified atom stereocenters. The number of rotatable bonds is 8. The van der Waals surface area contributed by atoms with E-state index in [2.05, 4.69) is 15.6 Å². The van der Waals surface area contributed by atoms with Crippen molar-refractivity contribution in [1.29, 1.82) is 0 Å². The van der Waals surface area contributed by atoms with Crippen LogP contribution in [-0.4, -0.2) is 27.9 Å². The molecule has 1 aromatic heterocycles. The molecule has 7 heteroatoms. The molecule has 2 amide bonds. The molecule has 0 atom stereocenters. The molecule has 2 aromatic carbocycles. The molecule has 1 heterocycles. The number of nitrogens with zero attached hydrogens (tertiary/aromatic N) is 2. The van der Waals surface area contributed by atoms with Gasteiger partial charge in [0, 0.05) is 25.1 Å². The zero-order valence-electron chi connectivity index (χ0n) is 19.1. The average molecular weight is 435 g/mol. The van der Waals surface area contributed by atoms with Crippen molar-refractivity contribution in [3.63, 3.8) is 0 Å². The van der Waals surface area contributed by atoms with E-state index in [9.17, 15) is 14.4 Å². The zero-order chi connectivity index (χ0) is 23.3. The van der Waals surface area contributed by atoms with Gasteiger partial charge in [-0.1, -0.05) is 36.8 Å². The second kappa shape index (κ2) is 10.2. The summed E-state index contributed by atoms with van der Waals surface area (Å²) in [6, 6.07) is 11.2. The van der Waals surface area contributed by atoms with Crippen LogP contribution in [0.1, 0.15) is 42.1 Å². The number of fused-ring (bicyclic) bond motifs is 1. The van der Waals surface area contributed by atoms with E-state index in [1.807, 2.05) is 52.0 Å². The van der Waals surface area contributed by atoms with Crippen LogP contribution in [0.15, 0.2) is 41.2 Å². The molecule has 168 valence electrons. The summed E-state index contributed by atoms with van der Waals surface area (Å²) in [5, 5.41) is 5.76. The van der Waals surface area contributed by atoms with Crippen molar-refractivity contribution in [2.75, 3.05) is 11.9 Å². The summed E-state index contributed by atoms with van der Waals surface area (Å²) in [5.74, 6) is -0.402. The summed E-state index contributed by atoms with van der Waals surface area (Å²) in [6.45, 7) is 8.36. The molecule has 3 aromatic rings. The number of carbonyl (C=O) groups excluding carboxylic acids is 2. The highest BCUT2D eigenvalue weighted by Gasteiger charge is 2.16. The Hall–Kier alpha value is -3.48.